The van der Waals surface area contributed by atoms with E-state index in [1.165, 1.54) is 0 Å². The summed E-state index contributed by atoms with van der Waals surface area (Å²) >= 11 is 0. The minimum absolute atomic E-state index is 0.594. The molecule has 1 heterocycles. The van der Waals surface area contributed by atoms with Crippen LogP contribution in [0.3, 0.4) is 0 Å². The summed E-state index contributed by atoms with van der Waals surface area (Å²) in [4.78, 5) is 11.3. The summed E-state index contributed by atoms with van der Waals surface area (Å²) in [6.45, 7) is -2.55. The highest BCUT2D eigenvalue weighted by Gasteiger charge is 2.41. The van der Waals surface area contributed by atoms with Crippen LogP contribution < -0.4 is 0 Å². The molecule has 12 heteroatoms. The molecule has 1 rings (SSSR count). The van der Waals surface area contributed by atoms with E-state index in [1.54, 1.807) is 0 Å². The highest BCUT2D eigenvalue weighted by atomic mass is 16.6. The lowest BCUT2D eigenvalue weighted by Crippen LogP contribution is -2.51. The summed E-state index contributed by atoms with van der Waals surface area (Å²) in [6.07, 6.45) is -12.8. The normalized spacial score (nSPS) is 25.1. The van der Waals surface area contributed by atoms with Crippen molar-refractivity contribution in [2.75, 3.05) is 19.8 Å². The molecule has 0 saturated heterocycles. The molecule has 0 saturated carbocycles. The minimum atomic E-state index is -2.05. The Balaban J connectivity index is 2.70. The van der Waals surface area contributed by atoms with Crippen molar-refractivity contribution in [1.82, 2.24) is 0 Å². The molecular formula is C13H22O12. The highest BCUT2D eigenvalue weighted by molar-refractivity contribution is 5.89. The molecule has 1 aliphatic heterocycles. The van der Waals surface area contributed by atoms with Crippen LogP contribution in [0.4, 0.5) is 0 Å². The molecule has 0 radical (unpaired) electrons. The predicted octanol–water partition coefficient (Wildman–Crippen LogP) is -5.15. The van der Waals surface area contributed by atoms with Gasteiger partial charge in [-0.1, -0.05) is 0 Å². The van der Waals surface area contributed by atoms with Gasteiger partial charge in [-0.15, -0.1) is 0 Å². The number of aliphatic hydroxyl groups excluding tert-OH is 9. The van der Waals surface area contributed by atoms with Gasteiger partial charge in [0, 0.05) is 0 Å². The van der Waals surface area contributed by atoms with Crippen molar-refractivity contribution in [1.29, 1.82) is 0 Å². The Kier molecular flexibility index (Phi) is 7.98. The number of rotatable bonds is 10. The Bertz CT molecular complexity index is 480. The van der Waals surface area contributed by atoms with E-state index in [2.05, 4.69) is 4.74 Å². The maximum Gasteiger partial charge on any atom is 0.378 e. The van der Waals surface area contributed by atoms with Crippen molar-refractivity contribution < 1.29 is 60.2 Å². The number of hydrogen-bond donors (Lipinski definition) is 9. The van der Waals surface area contributed by atoms with Gasteiger partial charge in [-0.3, -0.25) is 0 Å². The van der Waals surface area contributed by atoms with Gasteiger partial charge in [0.25, 0.3) is 0 Å². The van der Waals surface area contributed by atoms with Gasteiger partial charge >= 0.3 is 5.97 Å². The standard InChI is InChI=1S/C13H22O12/c14-1-4(16)7(19)9(21)8(20)6(18)3-24-12-10(22)13(23)25-11(12)5(17)2-15/h4-9,11,14-22H,1-3H2/t4-,5-,6+,7+,8+,9+,11+/m0/s1. The minimum Gasteiger partial charge on any atom is -0.499 e. The van der Waals surface area contributed by atoms with Crippen LogP contribution in [0.5, 0.6) is 0 Å². The predicted molar refractivity (Wildman–Crippen MR) is 75.7 cm³/mol. The van der Waals surface area contributed by atoms with E-state index in [0.29, 0.717) is 0 Å². The van der Waals surface area contributed by atoms with Gasteiger partial charge in [-0.25, -0.2) is 4.79 Å². The topological polar surface area (TPSA) is 218 Å². The second-order valence-corrected chi connectivity index (χ2v) is 5.39. The quantitative estimate of drug-likeness (QED) is 0.165. The molecule has 0 aromatic carbocycles. The van der Waals surface area contributed by atoms with Crippen molar-refractivity contribution in [2.24, 2.45) is 0 Å². The van der Waals surface area contributed by atoms with Gasteiger partial charge in [-0.05, 0) is 0 Å². The van der Waals surface area contributed by atoms with Crippen LogP contribution in [-0.4, -0.2) is 114 Å². The van der Waals surface area contributed by atoms with Gasteiger partial charge in [0.05, 0.1) is 13.2 Å². The molecule has 9 N–H and O–H groups in total. The molecular weight excluding hydrogens is 348 g/mol. The molecule has 1 aliphatic rings. The molecule has 0 amide bonds. The maximum absolute atomic E-state index is 11.3. The largest absolute Gasteiger partial charge is 0.499 e. The lowest BCUT2D eigenvalue weighted by Gasteiger charge is -2.28. The lowest BCUT2D eigenvalue weighted by atomic mass is 10.00. The van der Waals surface area contributed by atoms with Crippen LogP contribution in [-0.2, 0) is 14.3 Å². The van der Waals surface area contributed by atoms with Gasteiger partial charge in [0.2, 0.25) is 5.76 Å². The van der Waals surface area contributed by atoms with Crippen LogP contribution in [0.25, 0.3) is 0 Å². The van der Waals surface area contributed by atoms with E-state index < -0.39 is 80.0 Å². The zero-order chi connectivity index (χ0) is 19.3. The van der Waals surface area contributed by atoms with E-state index in [0.717, 1.165) is 0 Å². The molecule has 7 atom stereocenters. The van der Waals surface area contributed by atoms with E-state index in [9.17, 15) is 40.5 Å². The summed E-state index contributed by atoms with van der Waals surface area (Å²) in [5.74, 6) is -2.83. The Labute approximate surface area is 141 Å². The fourth-order valence-corrected chi connectivity index (χ4v) is 2.00. The Morgan fingerprint density at radius 2 is 1.48 bits per heavy atom. The second-order valence-electron chi connectivity index (χ2n) is 5.39. The Morgan fingerprint density at radius 3 is 2.00 bits per heavy atom. The first kappa shape index (κ1) is 21.5. The third-order valence-corrected chi connectivity index (χ3v) is 3.54. The lowest BCUT2D eigenvalue weighted by molar-refractivity contribution is -0.152. The molecule has 25 heavy (non-hydrogen) atoms. The third-order valence-electron chi connectivity index (χ3n) is 3.54. The smallest absolute Gasteiger partial charge is 0.378 e. The number of carbonyl (C=O) groups is 1. The maximum atomic E-state index is 11.3. The van der Waals surface area contributed by atoms with Crippen LogP contribution in [0, 0.1) is 0 Å². The summed E-state index contributed by atoms with van der Waals surface area (Å²) in [6, 6.07) is 0. The fourth-order valence-electron chi connectivity index (χ4n) is 2.00. The summed E-state index contributed by atoms with van der Waals surface area (Å²) in [7, 11) is 0. The number of ether oxygens (including phenoxy) is 2. The highest BCUT2D eigenvalue weighted by Crippen LogP contribution is 2.25. The Hall–Kier alpha value is -1.51. The number of aliphatic hydroxyl groups is 9. The number of esters is 1. The fraction of sp³-hybridized carbons (Fsp3) is 0.769. The van der Waals surface area contributed by atoms with Gasteiger partial charge < -0.3 is 55.4 Å². The van der Waals surface area contributed by atoms with E-state index in [1.807, 2.05) is 0 Å². The third kappa shape index (κ3) is 4.99. The summed E-state index contributed by atoms with van der Waals surface area (Å²) in [5.41, 5.74) is 0. The van der Waals surface area contributed by atoms with Crippen molar-refractivity contribution in [3.63, 3.8) is 0 Å². The number of hydrogen-bond acceptors (Lipinski definition) is 12. The van der Waals surface area contributed by atoms with E-state index in [4.69, 9.17) is 14.9 Å². The van der Waals surface area contributed by atoms with Crippen molar-refractivity contribution >= 4 is 5.97 Å². The van der Waals surface area contributed by atoms with Gasteiger partial charge in [0.15, 0.2) is 11.9 Å². The van der Waals surface area contributed by atoms with Crippen LogP contribution in [0.2, 0.25) is 0 Å². The van der Waals surface area contributed by atoms with Crippen LogP contribution in [0.15, 0.2) is 11.5 Å². The number of cyclic esters (lactones) is 1. The molecule has 0 unspecified atom stereocenters. The summed E-state index contributed by atoms with van der Waals surface area (Å²) in [5, 5.41) is 84.3. The SMILES string of the molecule is O=C1O[C@H]([C@@H](O)CO)C(OC[C@@H](O)[C@@H](O)[C@H](O)[C@H](O)[C@@H](O)CO)=C1O. The average molecular weight is 370 g/mol. The van der Waals surface area contributed by atoms with Gasteiger partial charge in [0.1, 0.15) is 43.2 Å². The molecule has 0 spiro atoms. The Morgan fingerprint density at radius 1 is 0.920 bits per heavy atom. The average Bonchev–Trinajstić information content (AvgIpc) is 2.90. The van der Waals surface area contributed by atoms with Gasteiger partial charge in [-0.2, -0.15) is 0 Å². The molecule has 0 aromatic heterocycles. The molecule has 0 aliphatic carbocycles. The van der Waals surface area contributed by atoms with Crippen molar-refractivity contribution in [3.8, 4) is 0 Å². The van der Waals surface area contributed by atoms with Crippen molar-refractivity contribution in [3.05, 3.63) is 11.5 Å². The van der Waals surface area contributed by atoms with Crippen LogP contribution in [0.1, 0.15) is 0 Å². The molecule has 146 valence electrons. The first-order chi connectivity index (χ1) is 11.6. The first-order valence-electron chi connectivity index (χ1n) is 7.22. The zero-order valence-corrected chi connectivity index (χ0v) is 12.9. The monoisotopic (exact) mass is 370 g/mol. The molecule has 0 fully saturated rings. The molecule has 0 bridgehead atoms. The first-order valence-corrected chi connectivity index (χ1v) is 7.22. The van der Waals surface area contributed by atoms with Crippen molar-refractivity contribution in [2.45, 2.75) is 42.7 Å². The van der Waals surface area contributed by atoms with E-state index in [-0.39, 0.29) is 0 Å². The van der Waals surface area contributed by atoms with Crippen LogP contribution >= 0.6 is 0 Å². The molecule has 12 nitrogen and oxygen atoms in total. The molecule has 0 aromatic rings. The second kappa shape index (κ2) is 9.26. The summed E-state index contributed by atoms with van der Waals surface area (Å²) < 4.78 is 9.49. The number of carbonyl (C=O) groups excluding carboxylic acids is 1. The zero-order valence-electron chi connectivity index (χ0n) is 12.9. The van der Waals surface area contributed by atoms with E-state index >= 15 is 0 Å².